The zero-order chi connectivity index (χ0) is 13.1. The summed E-state index contributed by atoms with van der Waals surface area (Å²) >= 11 is 0. The van der Waals surface area contributed by atoms with E-state index in [1.165, 1.54) is 50.8 Å². The number of anilines is 2. The van der Waals surface area contributed by atoms with Crippen LogP contribution >= 0.6 is 0 Å². The lowest BCUT2D eigenvalue weighted by Crippen LogP contribution is -2.34. The van der Waals surface area contributed by atoms with Gasteiger partial charge in [-0.1, -0.05) is 12.8 Å². The molecule has 1 N–H and O–H groups in total. The summed E-state index contributed by atoms with van der Waals surface area (Å²) in [6, 6.07) is 5.17. The number of nitrogens with one attached hydrogen (secondary N) is 1. The first kappa shape index (κ1) is 12.8. The molecule has 1 saturated carbocycles. The summed E-state index contributed by atoms with van der Waals surface area (Å²) in [7, 11) is 0. The smallest absolute Gasteiger partial charge is 0.127 e. The van der Waals surface area contributed by atoms with Gasteiger partial charge < -0.3 is 10.2 Å². The molecule has 3 rings (SSSR count). The fourth-order valence-electron chi connectivity index (χ4n) is 3.82. The molecular weight excluding hydrogens is 234 g/mol. The SMILES string of the molecule is CCNc1cc(N2CCCC2C2CCCC2)ccn1. The van der Waals surface area contributed by atoms with Gasteiger partial charge in [0.15, 0.2) is 0 Å². The van der Waals surface area contributed by atoms with Gasteiger partial charge in [-0.05, 0) is 44.6 Å². The maximum Gasteiger partial charge on any atom is 0.127 e. The molecule has 1 atom stereocenters. The third kappa shape index (κ3) is 2.70. The van der Waals surface area contributed by atoms with Crippen molar-refractivity contribution < 1.29 is 0 Å². The second-order valence-electron chi connectivity index (χ2n) is 5.88. The predicted molar refractivity (Wildman–Crippen MR) is 80.7 cm³/mol. The summed E-state index contributed by atoms with van der Waals surface area (Å²) in [5, 5.41) is 3.32. The monoisotopic (exact) mass is 259 g/mol. The number of aromatic nitrogens is 1. The molecule has 2 heterocycles. The van der Waals surface area contributed by atoms with Crippen molar-refractivity contribution in [2.45, 2.75) is 51.5 Å². The van der Waals surface area contributed by atoms with Crippen molar-refractivity contribution in [3.63, 3.8) is 0 Å². The van der Waals surface area contributed by atoms with Gasteiger partial charge in [-0.25, -0.2) is 4.98 Å². The van der Waals surface area contributed by atoms with Gasteiger partial charge in [0.2, 0.25) is 0 Å². The molecule has 1 aliphatic heterocycles. The van der Waals surface area contributed by atoms with E-state index in [1.54, 1.807) is 0 Å². The van der Waals surface area contributed by atoms with Crippen LogP contribution in [0.25, 0.3) is 0 Å². The summed E-state index contributed by atoms with van der Waals surface area (Å²) in [6.45, 7) is 4.27. The molecule has 2 aliphatic rings. The van der Waals surface area contributed by atoms with Crippen molar-refractivity contribution in [2.75, 3.05) is 23.3 Å². The number of nitrogens with zero attached hydrogens (tertiary/aromatic N) is 2. The van der Waals surface area contributed by atoms with E-state index in [9.17, 15) is 0 Å². The van der Waals surface area contributed by atoms with Crippen molar-refractivity contribution in [3.05, 3.63) is 18.3 Å². The first-order chi connectivity index (χ1) is 9.38. The van der Waals surface area contributed by atoms with Crippen LogP contribution in [-0.2, 0) is 0 Å². The Balaban J connectivity index is 1.77. The van der Waals surface area contributed by atoms with Gasteiger partial charge in [0, 0.05) is 37.1 Å². The van der Waals surface area contributed by atoms with Gasteiger partial charge >= 0.3 is 0 Å². The van der Waals surface area contributed by atoms with Crippen LogP contribution in [0.1, 0.15) is 45.4 Å². The summed E-state index contributed by atoms with van der Waals surface area (Å²) in [4.78, 5) is 7.02. The second-order valence-corrected chi connectivity index (χ2v) is 5.88. The third-order valence-corrected chi connectivity index (χ3v) is 4.68. The first-order valence-corrected chi connectivity index (χ1v) is 7.85. The Hall–Kier alpha value is -1.25. The molecule has 104 valence electrons. The highest BCUT2D eigenvalue weighted by Crippen LogP contribution is 2.37. The van der Waals surface area contributed by atoms with E-state index in [1.807, 2.05) is 6.20 Å². The van der Waals surface area contributed by atoms with E-state index in [2.05, 4.69) is 34.3 Å². The van der Waals surface area contributed by atoms with Crippen molar-refractivity contribution in [2.24, 2.45) is 5.92 Å². The molecule has 0 amide bonds. The van der Waals surface area contributed by atoms with Crippen LogP contribution in [0.4, 0.5) is 11.5 Å². The molecule has 19 heavy (non-hydrogen) atoms. The molecule has 2 fully saturated rings. The molecule has 1 unspecified atom stereocenters. The highest BCUT2D eigenvalue weighted by atomic mass is 15.2. The number of hydrogen-bond donors (Lipinski definition) is 1. The molecule has 1 aromatic heterocycles. The minimum atomic E-state index is 0.777. The summed E-state index contributed by atoms with van der Waals surface area (Å²) in [6.07, 6.45) is 10.4. The average Bonchev–Trinajstić information content (AvgIpc) is 3.10. The Bertz CT molecular complexity index is 412. The molecule has 1 saturated heterocycles. The minimum absolute atomic E-state index is 0.777. The Labute approximate surface area is 116 Å². The molecule has 0 aromatic carbocycles. The van der Waals surface area contributed by atoms with E-state index in [0.29, 0.717) is 0 Å². The van der Waals surface area contributed by atoms with Crippen LogP contribution in [0.2, 0.25) is 0 Å². The molecule has 0 bridgehead atoms. The van der Waals surface area contributed by atoms with E-state index in [0.717, 1.165) is 24.3 Å². The Morgan fingerprint density at radius 3 is 2.89 bits per heavy atom. The highest BCUT2D eigenvalue weighted by Gasteiger charge is 2.33. The van der Waals surface area contributed by atoms with Crippen molar-refractivity contribution in [1.29, 1.82) is 0 Å². The van der Waals surface area contributed by atoms with Gasteiger partial charge in [-0.2, -0.15) is 0 Å². The molecule has 0 radical (unpaired) electrons. The number of pyridine rings is 1. The Morgan fingerprint density at radius 1 is 1.26 bits per heavy atom. The summed E-state index contributed by atoms with van der Waals surface area (Å²) in [5.41, 5.74) is 1.36. The van der Waals surface area contributed by atoms with Crippen molar-refractivity contribution in [1.82, 2.24) is 4.98 Å². The minimum Gasteiger partial charge on any atom is -0.370 e. The average molecular weight is 259 g/mol. The van der Waals surface area contributed by atoms with Crippen LogP contribution in [0.5, 0.6) is 0 Å². The fraction of sp³-hybridized carbons (Fsp3) is 0.688. The quantitative estimate of drug-likeness (QED) is 0.894. The first-order valence-electron chi connectivity index (χ1n) is 7.85. The Morgan fingerprint density at radius 2 is 2.11 bits per heavy atom. The standard InChI is InChI=1S/C16H25N3/c1-2-17-16-12-14(9-10-18-16)19-11-5-8-15(19)13-6-3-4-7-13/h9-10,12-13,15H,2-8,11H2,1H3,(H,17,18). The Kier molecular flexibility index (Phi) is 3.90. The zero-order valence-corrected chi connectivity index (χ0v) is 11.9. The predicted octanol–water partition coefficient (Wildman–Crippen LogP) is 3.67. The van der Waals surface area contributed by atoms with Crippen LogP contribution in [0.15, 0.2) is 18.3 Å². The maximum absolute atomic E-state index is 4.39. The topological polar surface area (TPSA) is 28.2 Å². The van der Waals surface area contributed by atoms with Crippen LogP contribution in [0, 0.1) is 5.92 Å². The van der Waals surface area contributed by atoms with E-state index in [4.69, 9.17) is 0 Å². The lowest BCUT2D eigenvalue weighted by atomic mass is 9.96. The molecule has 3 nitrogen and oxygen atoms in total. The number of hydrogen-bond acceptors (Lipinski definition) is 3. The second kappa shape index (κ2) is 5.81. The summed E-state index contributed by atoms with van der Waals surface area (Å²) in [5.74, 6) is 1.94. The fourth-order valence-corrected chi connectivity index (χ4v) is 3.82. The van der Waals surface area contributed by atoms with Gasteiger partial charge in [0.1, 0.15) is 5.82 Å². The molecule has 1 aromatic rings. The van der Waals surface area contributed by atoms with Crippen LogP contribution in [0.3, 0.4) is 0 Å². The molecular formula is C16H25N3. The number of rotatable bonds is 4. The largest absolute Gasteiger partial charge is 0.370 e. The molecule has 3 heteroatoms. The normalized spacial score (nSPS) is 24.1. The lowest BCUT2D eigenvalue weighted by Gasteiger charge is -2.31. The lowest BCUT2D eigenvalue weighted by molar-refractivity contribution is 0.431. The van der Waals surface area contributed by atoms with E-state index < -0.39 is 0 Å². The summed E-state index contributed by atoms with van der Waals surface area (Å²) < 4.78 is 0. The van der Waals surface area contributed by atoms with Gasteiger partial charge in [-0.3, -0.25) is 0 Å². The molecule has 1 aliphatic carbocycles. The van der Waals surface area contributed by atoms with Crippen molar-refractivity contribution in [3.8, 4) is 0 Å². The van der Waals surface area contributed by atoms with Gasteiger partial charge in [-0.15, -0.1) is 0 Å². The van der Waals surface area contributed by atoms with Crippen LogP contribution in [-0.4, -0.2) is 24.1 Å². The third-order valence-electron chi connectivity index (χ3n) is 4.68. The van der Waals surface area contributed by atoms with Crippen LogP contribution < -0.4 is 10.2 Å². The van der Waals surface area contributed by atoms with Crippen molar-refractivity contribution >= 4 is 11.5 Å². The molecule has 0 spiro atoms. The highest BCUT2D eigenvalue weighted by molar-refractivity contribution is 5.55. The van der Waals surface area contributed by atoms with Gasteiger partial charge in [0.25, 0.3) is 0 Å². The zero-order valence-electron chi connectivity index (χ0n) is 11.9. The van der Waals surface area contributed by atoms with E-state index in [-0.39, 0.29) is 0 Å². The van der Waals surface area contributed by atoms with Gasteiger partial charge in [0.05, 0.1) is 0 Å². The maximum atomic E-state index is 4.39. The van der Waals surface area contributed by atoms with E-state index >= 15 is 0 Å².